The fourth-order valence-corrected chi connectivity index (χ4v) is 1.44. The molecule has 0 aromatic carbocycles. The van der Waals surface area contributed by atoms with Gasteiger partial charge >= 0.3 is 0 Å². The number of nitrogens with zero attached hydrogens (tertiary/aromatic N) is 2. The van der Waals surface area contributed by atoms with E-state index < -0.39 is 0 Å². The van der Waals surface area contributed by atoms with Crippen LogP contribution in [0.5, 0.6) is 0 Å². The van der Waals surface area contributed by atoms with Crippen molar-refractivity contribution in [3.63, 3.8) is 0 Å². The number of aryl methyl sites for hydroxylation is 1. The highest BCUT2D eigenvalue weighted by Crippen LogP contribution is 2.05. The molecule has 1 aromatic heterocycles. The monoisotopic (exact) mass is 219 g/mol. The summed E-state index contributed by atoms with van der Waals surface area (Å²) in [4.78, 5) is 0. The maximum absolute atomic E-state index is 8.78. The van der Waals surface area contributed by atoms with Crippen LogP contribution in [0.2, 0.25) is 0 Å². The van der Waals surface area contributed by atoms with Crippen LogP contribution in [0.25, 0.3) is 0 Å². The zero-order valence-corrected chi connectivity index (χ0v) is 9.57. The van der Waals surface area contributed by atoms with E-state index in [1.165, 1.54) is 6.26 Å². The molecule has 0 fully saturated rings. The van der Waals surface area contributed by atoms with Crippen LogP contribution in [0.4, 0.5) is 0 Å². The van der Waals surface area contributed by atoms with E-state index in [0.717, 1.165) is 25.1 Å². The predicted molar refractivity (Wildman–Crippen MR) is 62.6 cm³/mol. The zero-order chi connectivity index (χ0) is 11.8. The van der Waals surface area contributed by atoms with Gasteiger partial charge in [0.05, 0.1) is 12.9 Å². The van der Waals surface area contributed by atoms with Crippen molar-refractivity contribution in [1.29, 1.82) is 5.26 Å². The number of hydrogen-bond acceptors (Lipinski definition) is 3. The highest BCUT2D eigenvalue weighted by atomic mass is 16.5. The van der Waals surface area contributed by atoms with Crippen molar-refractivity contribution in [3.8, 4) is 6.07 Å². The second-order valence-electron chi connectivity index (χ2n) is 3.52. The molecule has 0 aliphatic rings. The molecule has 0 atom stereocenters. The summed E-state index contributed by atoms with van der Waals surface area (Å²) >= 11 is 0. The van der Waals surface area contributed by atoms with Gasteiger partial charge in [0.15, 0.2) is 0 Å². The van der Waals surface area contributed by atoms with Crippen LogP contribution in [0.1, 0.15) is 17.7 Å². The number of rotatable bonds is 7. The SMILES string of the molecule is C=COCCCNCc1cc(C#N)n(C)c1. The van der Waals surface area contributed by atoms with E-state index in [0.29, 0.717) is 12.3 Å². The van der Waals surface area contributed by atoms with Crippen LogP contribution in [0.3, 0.4) is 0 Å². The third kappa shape index (κ3) is 3.79. The lowest BCUT2D eigenvalue weighted by Gasteiger charge is -2.02. The van der Waals surface area contributed by atoms with Gasteiger partial charge in [-0.25, -0.2) is 0 Å². The van der Waals surface area contributed by atoms with Crippen LogP contribution in [0, 0.1) is 11.3 Å². The first-order valence-electron chi connectivity index (χ1n) is 5.26. The third-order valence-corrected chi connectivity index (χ3v) is 2.24. The molecule has 0 spiro atoms. The van der Waals surface area contributed by atoms with E-state index in [2.05, 4.69) is 18.0 Å². The standard InChI is InChI=1S/C12H17N3O/c1-3-16-6-4-5-14-9-11-7-12(8-13)15(2)10-11/h3,7,10,14H,1,4-6,9H2,2H3. The number of nitriles is 1. The smallest absolute Gasteiger partial charge is 0.120 e. The number of aromatic nitrogens is 1. The Hall–Kier alpha value is -1.73. The van der Waals surface area contributed by atoms with Crippen molar-refractivity contribution in [2.75, 3.05) is 13.2 Å². The first kappa shape index (κ1) is 12.3. The van der Waals surface area contributed by atoms with E-state index in [1.807, 2.05) is 23.9 Å². The fraction of sp³-hybridized carbons (Fsp3) is 0.417. The number of ether oxygens (including phenoxy) is 1. The van der Waals surface area contributed by atoms with Crippen LogP contribution >= 0.6 is 0 Å². The molecule has 4 nitrogen and oxygen atoms in total. The molecular formula is C12H17N3O. The van der Waals surface area contributed by atoms with Crippen LogP contribution < -0.4 is 5.32 Å². The molecule has 0 aliphatic heterocycles. The second kappa shape index (κ2) is 6.70. The van der Waals surface area contributed by atoms with Gasteiger partial charge in [0.1, 0.15) is 11.8 Å². The molecule has 0 amide bonds. The van der Waals surface area contributed by atoms with Gasteiger partial charge in [-0.2, -0.15) is 5.26 Å². The lowest BCUT2D eigenvalue weighted by Crippen LogP contribution is -2.15. The van der Waals surface area contributed by atoms with E-state index in [9.17, 15) is 0 Å². The largest absolute Gasteiger partial charge is 0.502 e. The average Bonchev–Trinajstić information content (AvgIpc) is 2.64. The Balaban J connectivity index is 2.22. The minimum atomic E-state index is 0.687. The van der Waals surface area contributed by atoms with E-state index in [-0.39, 0.29) is 0 Å². The molecule has 0 radical (unpaired) electrons. The summed E-state index contributed by atoms with van der Waals surface area (Å²) in [5.74, 6) is 0. The highest BCUT2D eigenvalue weighted by molar-refractivity contribution is 5.28. The topological polar surface area (TPSA) is 50.0 Å². The maximum Gasteiger partial charge on any atom is 0.120 e. The van der Waals surface area contributed by atoms with Crippen molar-refractivity contribution >= 4 is 0 Å². The quantitative estimate of drug-likeness (QED) is 0.559. The lowest BCUT2D eigenvalue weighted by atomic mass is 10.3. The Morgan fingerprint density at radius 1 is 1.69 bits per heavy atom. The number of hydrogen-bond donors (Lipinski definition) is 1. The minimum absolute atomic E-state index is 0.687. The average molecular weight is 219 g/mol. The molecule has 1 aromatic rings. The molecule has 1 N–H and O–H groups in total. The van der Waals surface area contributed by atoms with Gasteiger partial charge in [-0.3, -0.25) is 0 Å². The van der Waals surface area contributed by atoms with Gasteiger partial charge < -0.3 is 14.6 Å². The highest BCUT2D eigenvalue weighted by Gasteiger charge is 2.00. The summed E-state index contributed by atoms with van der Waals surface area (Å²) in [6.07, 6.45) is 4.37. The lowest BCUT2D eigenvalue weighted by molar-refractivity contribution is 0.244. The van der Waals surface area contributed by atoms with Gasteiger partial charge in [-0.15, -0.1) is 0 Å². The zero-order valence-electron chi connectivity index (χ0n) is 9.57. The Bertz CT molecular complexity index is 376. The third-order valence-electron chi connectivity index (χ3n) is 2.24. The van der Waals surface area contributed by atoms with Crippen molar-refractivity contribution in [2.24, 2.45) is 7.05 Å². The van der Waals surface area contributed by atoms with Crippen molar-refractivity contribution in [3.05, 3.63) is 36.4 Å². The molecule has 4 heteroatoms. The summed E-state index contributed by atoms with van der Waals surface area (Å²) in [7, 11) is 1.87. The van der Waals surface area contributed by atoms with Crippen LogP contribution in [0.15, 0.2) is 25.1 Å². The molecule has 0 saturated heterocycles. The molecule has 0 bridgehead atoms. The molecule has 0 unspecified atom stereocenters. The summed E-state index contributed by atoms with van der Waals surface area (Å²) in [6.45, 7) is 5.84. The Morgan fingerprint density at radius 3 is 3.12 bits per heavy atom. The minimum Gasteiger partial charge on any atom is -0.502 e. The molecular weight excluding hydrogens is 202 g/mol. The van der Waals surface area contributed by atoms with Crippen LogP contribution in [-0.2, 0) is 18.3 Å². The van der Waals surface area contributed by atoms with Gasteiger partial charge in [-0.1, -0.05) is 6.58 Å². The summed E-state index contributed by atoms with van der Waals surface area (Å²) in [5, 5.41) is 12.1. The molecule has 16 heavy (non-hydrogen) atoms. The fourth-order valence-electron chi connectivity index (χ4n) is 1.44. The Kier molecular flexibility index (Phi) is 5.17. The van der Waals surface area contributed by atoms with Gasteiger partial charge in [0.2, 0.25) is 0 Å². The molecule has 1 heterocycles. The first-order chi connectivity index (χ1) is 7.77. The first-order valence-corrected chi connectivity index (χ1v) is 5.26. The van der Waals surface area contributed by atoms with Gasteiger partial charge in [-0.05, 0) is 24.6 Å². The summed E-state index contributed by atoms with van der Waals surface area (Å²) in [5.41, 5.74) is 1.82. The normalized spacial score (nSPS) is 9.75. The van der Waals surface area contributed by atoms with Gasteiger partial charge in [0.25, 0.3) is 0 Å². The van der Waals surface area contributed by atoms with Crippen molar-refractivity contribution in [2.45, 2.75) is 13.0 Å². The summed E-state index contributed by atoms with van der Waals surface area (Å²) in [6, 6.07) is 4.03. The molecule has 1 rings (SSSR count). The van der Waals surface area contributed by atoms with E-state index in [4.69, 9.17) is 10.00 Å². The van der Waals surface area contributed by atoms with Crippen molar-refractivity contribution < 1.29 is 4.74 Å². The second-order valence-corrected chi connectivity index (χ2v) is 3.52. The Morgan fingerprint density at radius 2 is 2.50 bits per heavy atom. The van der Waals surface area contributed by atoms with E-state index in [1.54, 1.807) is 0 Å². The van der Waals surface area contributed by atoms with Gasteiger partial charge in [0, 0.05) is 19.8 Å². The van der Waals surface area contributed by atoms with Crippen LogP contribution in [-0.4, -0.2) is 17.7 Å². The van der Waals surface area contributed by atoms with E-state index >= 15 is 0 Å². The summed E-state index contributed by atoms with van der Waals surface area (Å²) < 4.78 is 6.83. The molecule has 86 valence electrons. The Labute approximate surface area is 96.1 Å². The maximum atomic E-state index is 8.78. The predicted octanol–water partition coefficient (Wildman–Crippen LogP) is 1.54. The van der Waals surface area contributed by atoms with Crippen molar-refractivity contribution in [1.82, 2.24) is 9.88 Å². The molecule has 0 aliphatic carbocycles. The molecule has 0 saturated carbocycles. The number of nitrogens with one attached hydrogen (secondary N) is 1.